The van der Waals surface area contributed by atoms with E-state index in [1.165, 1.54) is 6.07 Å². The summed E-state index contributed by atoms with van der Waals surface area (Å²) in [6.45, 7) is 1.71. The van der Waals surface area contributed by atoms with Gasteiger partial charge < -0.3 is 0 Å². The van der Waals surface area contributed by atoms with Gasteiger partial charge in [0.25, 0.3) is 0 Å². The molecule has 0 spiro atoms. The third-order valence-electron chi connectivity index (χ3n) is 2.17. The van der Waals surface area contributed by atoms with E-state index in [4.69, 9.17) is 0 Å². The molecule has 6 heteroatoms. The van der Waals surface area contributed by atoms with E-state index < -0.39 is 11.9 Å². The smallest absolute Gasteiger partial charge is 0.222 e. The van der Waals surface area contributed by atoms with Crippen LogP contribution in [-0.2, 0) is 6.18 Å². The van der Waals surface area contributed by atoms with Crippen molar-refractivity contribution in [3.8, 4) is 0 Å². The number of alkyl halides is 3. The van der Waals surface area contributed by atoms with Crippen molar-refractivity contribution in [1.29, 1.82) is 0 Å². The highest BCUT2D eigenvalue weighted by atomic mass is 79.9. The molecule has 0 N–H and O–H groups in total. The van der Waals surface area contributed by atoms with Gasteiger partial charge in [-0.25, -0.2) is 9.97 Å². The van der Waals surface area contributed by atoms with E-state index in [1.54, 1.807) is 19.1 Å². The molecule has 1 heterocycles. The number of para-hydroxylation sites is 1. The molecule has 0 aliphatic carbocycles. The van der Waals surface area contributed by atoms with Gasteiger partial charge in [0, 0.05) is 5.39 Å². The first kappa shape index (κ1) is 11.3. The van der Waals surface area contributed by atoms with Crippen LogP contribution in [0, 0.1) is 6.92 Å². The van der Waals surface area contributed by atoms with Crippen LogP contribution in [0.1, 0.15) is 11.3 Å². The van der Waals surface area contributed by atoms with Crippen molar-refractivity contribution in [1.82, 2.24) is 9.97 Å². The molecule has 0 unspecified atom stereocenters. The van der Waals surface area contributed by atoms with Gasteiger partial charge in [-0.1, -0.05) is 18.2 Å². The van der Waals surface area contributed by atoms with Crippen molar-refractivity contribution in [2.24, 2.45) is 0 Å². The minimum absolute atomic E-state index is 0.0238. The minimum atomic E-state index is -4.47. The maximum absolute atomic E-state index is 12.7. The van der Waals surface area contributed by atoms with Gasteiger partial charge in [0.05, 0.1) is 5.52 Å². The molecule has 0 radical (unpaired) electrons. The molecule has 2 rings (SSSR count). The second-order valence-corrected chi connectivity index (χ2v) is 4.02. The van der Waals surface area contributed by atoms with Crippen LogP contribution < -0.4 is 0 Å². The molecule has 0 aliphatic heterocycles. The van der Waals surface area contributed by atoms with E-state index in [0.717, 1.165) is 0 Å². The molecule has 0 saturated carbocycles. The lowest BCUT2D eigenvalue weighted by atomic mass is 10.1. The Labute approximate surface area is 97.6 Å². The zero-order chi connectivity index (χ0) is 11.9. The summed E-state index contributed by atoms with van der Waals surface area (Å²) in [5, 5.41) is 0.0238. The fourth-order valence-corrected chi connectivity index (χ4v) is 1.84. The normalized spacial score (nSPS) is 12.1. The fraction of sp³-hybridized carbons (Fsp3) is 0.200. The van der Waals surface area contributed by atoms with E-state index in [-0.39, 0.29) is 10.1 Å². The monoisotopic (exact) mass is 290 g/mol. The van der Waals surface area contributed by atoms with Gasteiger partial charge in [-0.15, -0.1) is 0 Å². The summed E-state index contributed by atoms with van der Waals surface area (Å²) in [6.07, 6.45) is -4.47. The Morgan fingerprint density at radius 1 is 1.19 bits per heavy atom. The average molecular weight is 291 g/mol. The van der Waals surface area contributed by atoms with Gasteiger partial charge in [-0.05, 0) is 28.4 Å². The van der Waals surface area contributed by atoms with Crippen LogP contribution in [0.15, 0.2) is 22.9 Å². The van der Waals surface area contributed by atoms with Crippen LogP contribution in [0.4, 0.5) is 13.2 Å². The predicted octanol–water partition coefficient (Wildman–Crippen LogP) is 3.72. The molecule has 0 bridgehead atoms. The lowest BCUT2D eigenvalue weighted by Gasteiger charge is -2.10. The first-order valence-corrected chi connectivity index (χ1v) is 5.19. The number of rotatable bonds is 0. The summed E-state index contributed by atoms with van der Waals surface area (Å²) in [4.78, 5) is 7.35. The summed E-state index contributed by atoms with van der Waals surface area (Å²) >= 11 is 2.89. The molecule has 0 fully saturated rings. The average Bonchev–Trinajstić information content (AvgIpc) is 2.17. The largest absolute Gasteiger partial charge is 0.434 e. The topological polar surface area (TPSA) is 25.8 Å². The summed E-state index contributed by atoms with van der Waals surface area (Å²) < 4.78 is 38.1. The van der Waals surface area contributed by atoms with E-state index in [1.807, 2.05) is 0 Å². The summed E-state index contributed by atoms with van der Waals surface area (Å²) in [5.74, 6) is 0. The Kier molecular flexibility index (Phi) is 2.61. The first-order valence-electron chi connectivity index (χ1n) is 4.39. The van der Waals surface area contributed by atoms with Crippen molar-refractivity contribution in [3.05, 3.63) is 34.2 Å². The van der Waals surface area contributed by atoms with Crippen LogP contribution in [0.3, 0.4) is 0 Å². The van der Waals surface area contributed by atoms with E-state index in [9.17, 15) is 13.2 Å². The Bertz CT molecular complexity index is 551. The maximum Gasteiger partial charge on any atom is 0.434 e. The molecule has 2 nitrogen and oxygen atoms in total. The molecule has 0 atom stereocenters. The van der Waals surface area contributed by atoms with Crippen LogP contribution >= 0.6 is 15.9 Å². The Morgan fingerprint density at radius 2 is 1.88 bits per heavy atom. The lowest BCUT2D eigenvalue weighted by molar-refractivity contribution is -0.139. The van der Waals surface area contributed by atoms with Gasteiger partial charge in [0.15, 0.2) is 10.4 Å². The van der Waals surface area contributed by atoms with Crippen molar-refractivity contribution in [2.75, 3.05) is 0 Å². The molecular formula is C10H6BrF3N2. The molecule has 1 aromatic carbocycles. The third kappa shape index (κ3) is 1.89. The number of hydrogen-bond donors (Lipinski definition) is 0. The van der Waals surface area contributed by atoms with Crippen LogP contribution in [0.5, 0.6) is 0 Å². The lowest BCUT2D eigenvalue weighted by Crippen LogP contribution is -2.10. The van der Waals surface area contributed by atoms with Crippen LogP contribution in [-0.4, -0.2) is 9.97 Å². The SMILES string of the molecule is Cc1cccc2c(C(F)(F)F)nc(Br)nc12. The van der Waals surface area contributed by atoms with Crippen molar-refractivity contribution in [2.45, 2.75) is 13.1 Å². The maximum atomic E-state index is 12.7. The molecule has 2 aromatic rings. The molecule has 0 aliphatic rings. The molecule has 0 saturated heterocycles. The molecular weight excluding hydrogens is 285 g/mol. The highest BCUT2D eigenvalue weighted by Crippen LogP contribution is 2.34. The van der Waals surface area contributed by atoms with Gasteiger partial charge in [-0.3, -0.25) is 0 Å². The molecule has 16 heavy (non-hydrogen) atoms. The number of fused-ring (bicyclic) bond motifs is 1. The second kappa shape index (κ2) is 3.69. The van der Waals surface area contributed by atoms with Crippen molar-refractivity contribution < 1.29 is 13.2 Å². The number of benzene rings is 1. The predicted molar refractivity (Wildman–Crippen MR) is 57.0 cm³/mol. The summed E-state index contributed by atoms with van der Waals surface area (Å²) in [7, 11) is 0. The van der Waals surface area contributed by atoms with E-state index in [0.29, 0.717) is 11.1 Å². The highest BCUT2D eigenvalue weighted by Gasteiger charge is 2.35. The van der Waals surface area contributed by atoms with Gasteiger partial charge in [-0.2, -0.15) is 13.2 Å². The van der Waals surface area contributed by atoms with Crippen molar-refractivity contribution >= 4 is 26.8 Å². The fourth-order valence-electron chi connectivity index (χ4n) is 1.48. The minimum Gasteiger partial charge on any atom is -0.222 e. The van der Waals surface area contributed by atoms with E-state index >= 15 is 0 Å². The number of nitrogens with zero attached hydrogens (tertiary/aromatic N) is 2. The standard InChI is InChI=1S/C10H6BrF3N2/c1-5-3-2-4-6-7(5)15-9(11)16-8(6)10(12,13)14/h2-4H,1H3. The Hall–Kier alpha value is -1.17. The number of aryl methyl sites for hydroxylation is 1. The number of hydrogen-bond acceptors (Lipinski definition) is 2. The van der Waals surface area contributed by atoms with Crippen molar-refractivity contribution in [3.63, 3.8) is 0 Å². The number of aromatic nitrogens is 2. The zero-order valence-electron chi connectivity index (χ0n) is 8.14. The van der Waals surface area contributed by atoms with Crippen LogP contribution in [0.25, 0.3) is 10.9 Å². The highest BCUT2D eigenvalue weighted by molar-refractivity contribution is 9.10. The van der Waals surface area contributed by atoms with E-state index in [2.05, 4.69) is 25.9 Å². The summed E-state index contributed by atoms with van der Waals surface area (Å²) in [6, 6.07) is 4.64. The Morgan fingerprint density at radius 3 is 2.50 bits per heavy atom. The van der Waals surface area contributed by atoms with Crippen LogP contribution in [0.2, 0.25) is 0 Å². The molecule has 1 aromatic heterocycles. The quantitative estimate of drug-likeness (QED) is 0.691. The number of halogens is 4. The van der Waals surface area contributed by atoms with Gasteiger partial charge >= 0.3 is 6.18 Å². The Balaban J connectivity index is 2.89. The summed E-state index contributed by atoms with van der Waals surface area (Å²) in [5.41, 5.74) is 0.0934. The third-order valence-corrected chi connectivity index (χ3v) is 2.52. The van der Waals surface area contributed by atoms with Gasteiger partial charge in [0.1, 0.15) is 0 Å². The molecule has 84 valence electrons. The second-order valence-electron chi connectivity index (χ2n) is 3.31. The van der Waals surface area contributed by atoms with Gasteiger partial charge in [0.2, 0.25) is 0 Å². The molecule has 0 amide bonds. The first-order chi connectivity index (χ1) is 7.39. The zero-order valence-corrected chi connectivity index (χ0v) is 9.72.